The summed E-state index contributed by atoms with van der Waals surface area (Å²) < 4.78 is 0. The second-order valence-corrected chi connectivity index (χ2v) is 5.74. The van der Waals surface area contributed by atoms with Crippen molar-refractivity contribution in [2.24, 2.45) is 0 Å². The van der Waals surface area contributed by atoms with Crippen molar-refractivity contribution in [1.29, 1.82) is 0 Å². The highest BCUT2D eigenvalue weighted by atomic mass is 35.5. The average Bonchev–Trinajstić information content (AvgIpc) is 2.51. The molecule has 2 aromatic rings. The summed E-state index contributed by atoms with van der Waals surface area (Å²) in [5.74, 6) is -0.0763. The van der Waals surface area contributed by atoms with Crippen LogP contribution in [0, 0.1) is 6.92 Å². The maximum absolute atomic E-state index is 11.9. The Morgan fingerprint density at radius 3 is 2.73 bits per heavy atom. The van der Waals surface area contributed by atoms with Gasteiger partial charge in [-0.3, -0.25) is 4.79 Å². The van der Waals surface area contributed by atoms with E-state index in [4.69, 9.17) is 11.6 Å². The Morgan fingerprint density at radius 1 is 1.23 bits per heavy atom. The molecule has 0 saturated heterocycles. The number of hydrogen-bond donors (Lipinski definition) is 2. The van der Waals surface area contributed by atoms with Crippen LogP contribution in [0.4, 0.5) is 0 Å². The molecule has 2 aromatic carbocycles. The Hall–Kier alpha value is -1.84. The zero-order chi connectivity index (χ0) is 15.9. The summed E-state index contributed by atoms with van der Waals surface area (Å²) in [5, 5.41) is 13.3. The third kappa shape index (κ3) is 4.86. The molecule has 1 amide bonds. The average molecular weight is 318 g/mol. The third-order valence-corrected chi connectivity index (χ3v) is 3.82. The molecule has 0 saturated carbocycles. The Morgan fingerprint density at radius 2 is 2.00 bits per heavy atom. The van der Waals surface area contributed by atoms with Gasteiger partial charge >= 0.3 is 0 Å². The van der Waals surface area contributed by atoms with E-state index in [0.29, 0.717) is 23.4 Å². The van der Waals surface area contributed by atoms with Crippen molar-refractivity contribution >= 4 is 17.5 Å². The molecule has 0 spiro atoms. The van der Waals surface area contributed by atoms with Crippen LogP contribution in [-0.4, -0.2) is 17.6 Å². The monoisotopic (exact) mass is 317 g/mol. The molecule has 22 heavy (non-hydrogen) atoms. The van der Waals surface area contributed by atoms with Crippen molar-refractivity contribution in [2.75, 3.05) is 6.54 Å². The van der Waals surface area contributed by atoms with E-state index in [2.05, 4.69) is 11.4 Å². The number of amides is 1. The van der Waals surface area contributed by atoms with E-state index in [9.17, 15) is 9.90 Å². The lowest BCUT2D eigenvalue weighted by Gasteiger charge is -2.13. The van der Waals surface area contributed by atoms with Gasteiger partial charge in [0.05, 0.1) is 6.10 Å². The summed E-state index contributed by atoms with van der Waals surface area (Å²) in [7, 11) is 0. The van der Waals surface area contributed by atoms with Crippen LogP contribution in [0.1, 0.15) is 29.2 Å². The van der Waals surface area contributed by atoms with Crippen LogP contribution in [0.15, 0.2) is 48.5 Å². The molecule has 2 N–H and O–H groups in total. The second kappa shape index (κ2) is 7.97. The number of hydrogen-bond acceptors (Lipinski definition) is 2. The molecule has 0 aliphatic carbocycles. The smallest absolute Gasteiger partial charge is 0.220 e. The summed E-state index contributed by atoms with van der Waals surface area (Å²) in [6, 6.07) is 15.2. The number of benzene rings is 2. The molecule has 0 heterocycles. The van der Waals surface area contributed by atoms with Crippen molar-refractivity contribution in [3.63, 3.8) is 0 Å². The van der Waals surface area contributed by atoms with Gasteiger partial charge in [-0.15, -0.1) is 0 Å². The Kier molecular flexibility index (Phi) is 5.99. The van der Waals surface area contributed by atoms with Gasteiger partial charge < -0.3 is 10.4 Å². The number of halogens is 1. The third-order valence-electron chi connectivity index (χ3n) is 3.48. The van der Waals surface area contributed by atoms with Gasteiger partial charge in [-0.1, -0.05) is 59.6 Å². The molecule has 0 fully saturated rings. The first-order chi connectivity index (χ1) is 10.6. The summed E-state index contributed by atoms with van der Waals surface area (Å²) in [5.41, 5.74) is 2.96. The maximum Gasteiger partial charge on any atom is 0.220 e. The normalized spacial score (nSPS) is 12.0. The number of carbonyl (C=O) groups is 1. The molecule has 0 aliphatic heterocycles. The van der Waals surface area contributed by atoms with E-state index in [1.165, 1.54) is 5.56 Å². The largest absolute Gasteiger partial charge is 0.387 e. The van der Waals surface area contributed by atoms with E-state index in [1.54, 1.807) is 18.2 Å². The highest BCUT2D eigenvalue weighted by molar-refractivity contribution is 6.31. The van der Waals surface area contributed by atoms with Crippen LogP contribution in [0.25, 0.3) is 0 Å². The topological polar surface area (TPSA) is 49.3 Å². The maximum atomic E-state index is 11.9. The fourth-order valence-corrected chi connectivity index (χ4v) is 2.54. The summed E-state index contributed by atoms with van der Waals surface area (Å²) in [6.07, 6.45) is 0.297. The number of aryl methyl sites for hydroxylation is 2. The zero-order valence-electron chi connectivity index (χ0n) is 12.6. The van der Waals surface area contributed by atoms with Crippen LogP contribution in [0.3, 0.4) is 0 Å². The minimum absolute atomic E-state index is 0.0763. The molecule has 3 nitrogen and oxygen atoms in total. The van der Waals surface area contributed by atoms with Crippen molar-refractivity contribution in [2.45, 2.75) is 25.9 Å². The minimum atomic E-state index is -0.795. The fraction of sp³-hybridized carbons (Fsp3) is 0.278. The molecule has 0 bridgehead atoms. The molecular formula is C18H20ClNO2. The molecule has 0 aromatic heterocycles. The van der Waals surface area contributed by atoms with E-state index in [1.807, 2.05) is 31.2 Å². The molecule has 0 radical (unpaired) electrons. The number of rotatable bonds is 6. The van der Waals surface area contributed by atoms with Gasteiger partial charge in [0.2, 0.25) is 5.91 Å². The number of aliphatic hydroxyl groups excluding tert-OH is 1. The SMILES string of the molecule is Cc1cccc(CCC(=O)NCC(O)c2ccccc2Cl)c1. The minimum Gasteiger partial charge on any atom is -0.387 e. The highest BCUT2D eigenvalue weighted by Gasteiger charge is 2.12. The summed E-state index contributed by atoms with van der Waals surface area (Å²) in [6.45, 7) is 2.19. The molecule has 0 aliphatic rings. The number of carbonyl (C=O) groups excluding carboxylic acids is 1. The van der Waals surface area contributed by atoms with E-state index < -0.39 is 6.10 Å². The Bertz CT molecular complexity index is 642. The van der Waals surface area contributed by atoms with Crippen LogP contribution in [-0.2, 0) is 11.2 Å². The van der Waals surface area contributed by atoms with Crippen LogP contribution >= 0.6 is 11.6 Å². The first kappa shape index (κ1) is 16.5. The predicted octanol–water partition coefficient (Wildman–Crippen LogP) is 3.43. The fourth-order valence-electron chi connectivity index (χ4n) is 2.28. The van der Waals surface area contributed by atoms with E-state index >= 15 is 0 Å². The van der Waals surface area contributed by atoms with Gasteiger partial charge in [0, 0.05) is 23.6 Å². The van der Waals surface area contributed by atoms with E-state index in [0.717, 1.165) is 5.56 Å². The lowest BCUT2D eigenvalue weighted by atomic mass is 10.1. The van der Waals surface area contributed by atoms with Gasteiger partial charge in [0.15, 0.2) is 0 Å². The molecule has 1 unspecified atom stereocenters. The lowest BCUT2D eigenvalue weighted by Crippen LogP contribution is -2.28. The zero-order valence-corrected chi connectivity index (χ0v) is 13.3. The van der Waals surface area contributed by atoms with Gasteiger partial charge in [-0.2, -0.15) is 0 Å². The lowest BCUT2D eigenvalue weighted by molar-refractivity contribution is -0.121. The van der Waals surface area contributed by atoms with Crippen LogP contribution in [0.2, 0.25) is 5.02 Å². The van der Waals surface area contributed by atoms with Crippen molar-refractivity contribution < 1.29 is 9.90 Å². The second-order valence-electron chi connectivity index (χ2n) is 5.33. The van der Waals surface area contributed by atoms with Crippen LogP contribution in [0.5, 0.6) is 0 Å². The van der Waals surface area contributed by atoms with Gasteiger partial charge in [0.1, 0.15) is 0 Å². The summed E-state index contributed by atoms with van der Waals surface area (Å²) >= 11 is 6.02. The van der Waals surface area contributed by atoms with Gasteiger partial charge in [-0.25, -0.2) is 0 Å². The number of aliphatic hydroxyl groups is 1. The van der Waals surface area contributed by atoms with Gasteiger partial charge in [-0.05, 0) is 25.0 Å². The van der Waals surface area contributed by atoms with Crippen LogP contribution < -0.4 is 5.32 Å². The quantitative estimate of drug-likeness (QED) is 0.857. The molecule has 4 heteroatoms. The standard InChI is InChI=1S/C18H20ClNO2/c1-13-5-4-6-14(11-13)9-10-18(22)20-12-17(21)15-7-2-3-8-16(15)19/h2-8,11,17,21H,9-10,12H2,1H3,(H,20,22). The van der Waals surface area contributed by atoms with E-state index in [-0.39, 0.29) is 12.5 Å². The first-order valence-corrected chi connectivity index (χ1v) is 7.69. The molecule has 116 valence electrons. The Labute approximate surface area is 135 Å². The number of nitrogens with one attached hydrogen (secondary N) is 1. The van der Waals surface area contributed by atoms with Crippen molar-refractivity contribution in [3.8, 4) is 0 Å². The molecule has 1 atom stereocenters. The van der Waals surface area contributed by atoms with Crippen molar-refractivity contribution in [1.82, 2.24) is 5.32 Å². The predicted molar refractivity (Wildman–Crippen MR) is 88.9 cm³/mol. The van der Waals surface area contributed by atoms with Crippen molar-refractivity contribution in [3.05, 3.63) is 70.2 Å². The first-order valence-electron chi connectivity index (χ1n) is 7.31. The summed E-state index contributed by atoms with van der Waals surface area (Å²) in [4.78, 5) is 11.9. The molecule has 2 rings (SSSR count). The van der Waals surface area contributed by atoms with Gasteiger partial charge in [0.25, 0.3) is 0 Å². The highest BCUT2D eigenvalue weighted by Crippen LogP contribution is 2.21. The molecular weight excluding hydrogens is 298 g/mol. The Balaban J connectivity index is 1.79.